The molecule has 0 N–H and O–H groups in total. The molecule has 1 heteroatoms. The van der Waals surface area contributed by atoms with E-state index in [1.165, 1.54) is 5.56 Å². The molecule has 1 aromatic carbocycles. The van der Waals surface area contributed by atoms with Crippen LogP contribution in [0.15, 0.2) is 61.2 Å². The van der Waals surface area contributed by atoms with Gasteiger partial charge < -0.3 is 0 Å². The Morgan fingerprint density at radius 3 is 2.56 bits per heavy atom. The molecule has 92 valence electrons. The fourth-order valence-corrected chi connectivity index (χ4v) is 2.13. The first-order chi connectivity index (χ1) is 8.85. The first-order valence-electron chi connectivity index (χ1n) is 6.50. The number of nitrogens with zero attached hydrogens (tertiary/aromatic N) is 1. The highest BCUT2D eigenvalue weighted by Gasteiger charge is 2.09. The topological polar surface area (TPSA) is 12.9 Å². The van der Waals surface area contributed by atoms with Gasteiger partial charge in [0, 0.05) is 17.2 Å². The first-order valence-corrected chi connectivity index (χ1v) is 6.50. The molecule has 0 amide bonds. The minimum absolute atomic E-state index is 0.360. The Morgan fingerprint density at radius 2 is 1.89 bits per heavy atom. The number of hydrogen-bond acceptors (Lipinski definition) is 1. The lowest BCUT2D eigenvalue weighted by Crippen LogP contribution is -1.98. The normalized spacial score (nSPS) is 12.1. The summed E-state index contributed by atoms with van der Waals surface area (Å²) in [5, 5.41) is 0. The van der Waals surface area contributed by atoms with Crippen molar-refractivity contribution in [3.63, 3.8) is 0 Å². The third-order valence-electron chi connectivity index (χ3n) is 3.10. The van der Waals surface area contributed by atoms with Crippen LogP contribution >= 0.6 is 0 Å². The van der Waals surface area contributed by atoms with Crippen molar-refractivity contribution in [3.05, 3.63) is 66.9 Å². The largest absolute Gasteiger partial charge is 0.252 e. The molecule has 0 spiro atoms. The van der Waals surface area contributed by atoms with Gasteiger partial charge in [-0.3, -0.25) is 4.98 Å². The molecule has 0 bridgehead atoms. The van der Waals surface area contributed by atoms with Crippen LogP contribution in [0.1, 0.15) is 31.4 Å². The van der Waals surface area contributed by atoms with E-state index >= 15 is 0 Å². The lowest BCUT2D eigenvalue weighted by molar-refractivity contribution is 0.701. The van der Waals surface area contributed by atoms with Crippen LogP contribution in [0.4, 0.5) is 0 Å². The van der Waals surface area contributed by atoms with Crippen molar-refractivity contribution in [2.75, 3.05) is 0 Å². The maximum atomic E-state index is 4.76. The fourth-order valence-electron chi connectivity index (χ4n) is 2.13. The number of aromatic nitrogens is 1. The van der Waals surface area contributed by atoms with E-state index in [2.05, 4.69) is 43.8 Å². The summed E-state index contributed by atoms with van der Waals surface area (Å²) in [4.78, 5) is 4.76. The molecule has 0 saturated carbocycles. The van der Waals surface area contributed by atoms with Gasteiger partial charge in [-0.05, 0) is 18.6 Å². The maximum absolute atomic E-state index is 4.76. The molecule has 0 aliphatic rings. The highest BCUT2D eigenvalue weighted by molar-refractivity contribution is 5.58. The molecular weight excluding hydrogens is 218 g/mol. The van der Waals surface area contributed by atoms with E-state index in [0.717, 1.165) is 24.2 Å². The Bertz CT molecular complexity index is 502. The zero-order chi connectivity index (χ0) is 12.8. The van der Waals surface area contributed by atoms with Gasteiger partial charge in [0.1, 0.15) is 0 Å². The molecule has 0 aliphatic carbocycles. The van der Waals surface area contributed by atoms with Crippen molar-refractivity contribution in [1.82, 2.24) is 4.98 Å². The second-order valence-corrected chi connectivity index (χ2v) is 4.44. The van der Waals surface area contributed by atoms with E-state index in [1.54, 1.807) is 0 Å². The number of hydrogen-bond donors (Lipinski definition) is 0. The van der Waals surface area contributed by atoms with Crippen LogP contribution in [0.5, 0.6) is 0 Å². The van der Waals surface area contributed by atoms with Gasteiger partial charge in [0.25, 0.3) is 0 Å². The summed E-state index contributed by atoms with van der Waals surface area (Å²) in [5.74, 6) is 0.360. The van der Waals surface area contributed by atoms with Gasteiger partial charge in [0.05, 0.1) is 5.69 Å². The van der Waals surface area contributed by atoms with Crippen molar-refractivity contribution < 1.29 is 0 Å². The summed E-state index contributed by atoms with van der Waals surface area (Å²) in [6, 6.07) is 16.5. The van der Waals surface area contributed by atoms with E-state index in [-0.39, 0.29) is 0 Å². The molecule has 0 fully saturated rings. The molecule has 1 nitrogen and oxygen atoms in total. The third kappa shape index (κ3) is 2.86. The van der Waals surface area contributed by atoms with Gasteiger partial charge >= 0.3 is 0 Å². The number of benzene rings is 1. The molecule has 1 heterocycles. The number of rotatable bonds is 5. The van der Waals surface area contributed by atoms with Gasteiger partial charge in [-0.25, -0.2) is 0 Å². The van der Waals surface area contributed by atoms with E-state index in [9.17, 15) is 0 Å². The summed E-state index contributed by atoms with van der Waals surface area (Å²) in [6.07, 6.45) is 4.25. The van der Waals surface area contributed by atoms with Crippen molar-refractivity contribution in [3.8, 4) is 11.3 Å². The van der Waals surface area contributed by atoms with Crippen LogP contribution in [-0.2, 0) is 0 Å². The third-order valence-corrected chi connectivity index (χ3v) is 3.10. The predicted molar refractivity (Wildman–Crippen MR) is 77.5 cm³/mol. The molecule has 1 aromatic heterocycles. The van der Waals surface area contributed by atoms with Gasteiger partial charge in [-0.2, -0.15) is 0 Å². The quantitative estimate of drug-likeness (QED) is 0.679. The monoisotopic (exact) mass is 237 g/mol. The summed E-state index contributed by atoms with van der Waals surface area (Å²) in [6.45, 7) is 6.11. The van der Waals surface area contributed by atoms with Crippen LogP contribution in [0.3, 0.4) is 0 Å². The van der Waals surface area contributed by atoms with Crippen molar-refractivity contribution in [1.29, 1.82) is 0 Å². The summed E-state index contributed by atoms with van der Waals surface area (Å²) in [5.41, 5.74) is 3.32. The van der Waals surface area contributed by atoms with Crippen molar-refractivity contribution in [2.45, 2.75) is 25.7 Å². The minimum Gasteiger partial charge on any atom is -0.252 e. The highest BCUT2D eigenvalue weighted by Crippen LogP contribution is 2.23. The van der Waals surface area contributed by atoms with E-state index in [1.807, 2.05) is 24.3 Å². The molecule has 18 heavy (non-hydrogen) atoms. The molecule has 2 rings (SSSR count). The van der Waals surface area contributed by atoms with Gasteiger partial charge in [-0.15, -0.1) is 6.58 Å². The predicted octanol–water partition coefficient (Wildman–Crippen LogP) is 4.82. The SMILES string of the molecule is C=C[C@H](CCC)c1cccc(-c2ccccc2)n1. The zero-order valence-corrected chi connectivity index (χ0v) is 10.8. The molecule has 0 unspecified atom stereocenters. The van der Waals surface area contributed by atoms with E-state index < -0.39 is 0 Å². The van der Waals surface area contributed by atoms with Crippen molar-refractivity contribution >= 4 is 0 Å². The van der Waals surface area contributed by atoms with Crippen LogP contribution in [0.2, 0.25) is 0 Å². The Morgan fingerprint density at radius 1 is 1.11 bits per heavy atom. The summed E-state index contributed by atoms with van der Waals surface area (Å²) >= 11 is 0. The minimum atomic E-state index is 0.360. The number of allylic oxidation sites excluding steroid dienone is 1. The lowest BCUT2D eigenvalue weighted by Gasteiger charge is -2.12. The summed E-state index contributed by atoms with van der Waals surface area (Å²) < 4.78 is 0. The molecule has 0 saturated heterocycles. The van der Waals surface area contributed by atoms with Crippen LogP contribution in [0, 0.1) is 0 Å². The molecule has 0 aliphatic heterocycles. The average molecular weight is 237 g/mol. The molecule has 2 aromatic rings. The van der Waals surface area contributed by atoms with Gasteiger partial charge in [-0.1, -0.05) is 55.8 Å². The Balaban J connectivity index is 2.33. The van der Waals surface area contributed by atoms with E-state index in [0.29, 0.717) is 5.92 Å². The van der Waals surface area contributed by atoms with Crippen molar-refractivity contribution in [2.24, 2.45) is 0 Å². The van der Waals surface area contributed by atoms with Gasteiger partial charge in [0.2, 0.25) is 0 Å². The number of pyridine rings is 1. The molecule has 0 radical (unpaired) electrons. The van der Waals surface area contributed by atoms with Crippen LogP contribution in [0.25, 0.3) is 11.3 Å². The second-order valence-electron chi connectivity index (χ2n) is 4.44. The highest BCUT2D eigenvalue weighted by atomic mass is 14.7. The Kier molecular flexibility index (Phi) is 4.30. The molecule has 1 atom stereocenters. The average Bonchev–Trinajstić information content (AvgIpc) is 2.46. The standard InChI is InChI=1S/C17H19N/c1-3-9-14(4-2)16-12-8-13-17(18-16)15-10-6-5-7-11-15/h4-8,10-14H,2-3,9H2,1H3/t14-/m1/s1. The van der Waals surface area contributed by atoms with Crippen LogP contribution < -0.4 is 0 Å². The summed E-state index contributed by atoms with van der Waals surface area (Å²) in [7, 11) is 0. The van der Waals surface area contributed by atoms with Crippen LogP contribution in [-0.4, -0.2) is 4.98 Å². The maximum Gasteiger partial charge on any atom is 0.0705 e. The Labute approximate surface area is 109 Å². The van der Waals surface area contributed by atoms with E-state index in [4.69, 9.17) is 4.98 Å². The zero-order valence-electron chi connectivity index (χ0n) is 10.8. The molecular formula is C17H19N. The van der Waals surface area contributed by atoms with Gasteiger partial charge in [0.15, 0.2) is 0 Å². The fraction of sp³-hybridized carbons (Fsp3) is 0.235. The first kappa shape index (κ1) is 12.6. The lowest BCUT2D eigenvalue weighted by atomic mass is 9.98. The Hall–Kier alpha value is -1.89. The smallest absolute Gasteiger partial charge is 0.0705 e. The second kappa shape index (κ2) is 6.15.